The molecule has 0 radical (unpaired) electrons. The number of hydrogen-bond acceptors (Lipinski definition) is 11. The highest BCUT2D eigenvalue weighted by Crippen LogP contribution is 2.46. The Hall–Kier alpha value is -6.53. The lowest BCUT2D eigenvalue weighted by molar-refractivity contribution is -0.172. The number of pyridine rings is 2. The highest BCUT2D eigenvalue weighted by Gasteiger charge is 2.46. The first-order valence-corrected chi connectivity index (χ1v) is 20.2. The number of aromatic nitrogens is 2. The number of amides is 5. The fourth-order valence-electron chi connectivity index (χ4n) is 8.35. The molecule has 320 valence electrons. The van der Waals surface area contributed by atoms with Crippen LogP contribution in [0.1, 0.15) is 77.6 Å². The standard InChI is InChI=1S/C43H47FN8O9/c1-3-43(60)27-15-32-39-25(20-52(32)41(58)26(27)21-61-42(43)59)38-29(12-11-24-22(2)28(44)16-30(51-39)37(24)38)49-33(53)10-7-13-46-35(55)18-48-40(57)31(14-23-8-5-4-6-9-23)50-36(56)19-47-34(54)17-45/h4-6,8-9,15-16,29,31,60H,3,7,10-14,17-21,45H2,1-2H3,(H,46,55)(H,47,54)(H,48,57)(H,49,53)(H,50,56)/t29?,31-,43?/m0/s1. The summed E-state index contributed by atoms with van der Waals surface area (Å²) < 4.78 is 22.0. The minimum Gasteiger partial charge on any atom is -0.458 e. The maximum atomic E-state index is 15.3. The number of carbonyl (C=O) groups excluding carboxylic acids is 6. The maximum absolute atomic E-state index is 15.3. The van der Waals surface area contributed by atoms with Gasteiger partial charge in [0.2, 0.25) is 29.5 Å². The third-order valence-corrected chi connectivity index (χ3v) is 11.6. The van der Waals surface area contributed by atoms with Crippen LogP contribution in [0, 0.1) is 12.7 Å². The lowest BCUT2D eigenvalue weighted by atomic mass is 9.81. The fraction of sp³-hybridized carbons (Fsp3) is 0.395. The van der Waals surface area contributed by atoms with E-state index in [0.717, 1.165) is 16.7 Å². The molecule has 0 spiro atoms. The second-order valence-electron chi connectivity index (χ2n) is 15.4. The summed E-state index contributed by atoms with van der Waals surface area (Å²) in [4.78, 5) is 94.7. The van der Waals surface area contributed by atoms with E-state index in [1.54, 1.807) is 44.2 Å². The number of hydrogen-bond donors (Lipinski definition) is 7. The Morgan fingerprint density at radius 2 is 1.75 bits per heavy atom. The highest BCUT2D eigenvalue weighted by molar-refractivity contribution is 5.94. The molecule has 3 atom stereocenters. The fourth-order valence-corrected chi connectivity index (χ4v) is 8.35. The van der Waals surface area contributed by atoms with Crippen molar-refractivity contribution in [1.29, 1.82) is 0 Å². The number of aryl methyl sites for hydroxylation is 1. The van der Waals surface area contributed by atoms with Crippen molar-refractivity contribution < 1.29 is 43.0 Å². The van der Waals surface area contributed by atoms with Crippen LogP contribution >= 0.6 is 0 Å². The zero-order valence-corrected chi connectivity index (χ0v) is 33.7. The molecule has 3 aliphatic rings. The van der Waals surface area contributed by atoms with Gasteiger partial charge in [-0.25, -0.2) is 14.2 Å². The summed E-state index contributed by atoms with van der Waals surface area (Å²) in [6.07, 6.45) is 1.31. The monoisotopic (exact) mass is 838 g/mol. The summed E-state index contributed by atoms with van der Waals surface area (Å²) in [6, 6.07) is 10.3. The maximum Gasteiger partial charge on any atom is 0.343 e. The molecule has 17 nitrogen and oxygen atoms in total. The largest absolute Gasteiger partial charge is 0.458 e. The Morgan fingerprint density at radius 3 is 2.49 bits per heavy atom. The molecule has 0 saturated carbocycles. The number of benzene rings is 2. The van der Waals surface area contributed by atoms with E-state index in [9.17, 15) is 38.7 Å². The molecule has 4 aromatic rings. The van der Waals surface area contributed by atoms with E-state index in [4.69, 9.17) is 15.5 Å². The van der Waals surface area contributed by atoms with Gasteiger partial charge in [-0.15, -0.1) is 0 Å². The molecular weight excluding hydrogens is 792 g/mol. The molecule has 7 rings (SSSR count). The van der Waals surface area contributed by atoms with E-state index in [1.165, 1.54) is 10.6 Å². The molecule has 0 bridgehead atoms. The number of nitrogens with one attached hydrogen (secondary N) is 5. The predicted octanol–water partition coefficient (Wildman–Crippen LogP) is 0.446. The first-order chi connectivity index (χ1) is 29.2. The van der Waals surface area contributed by atoms with Crippen molar-refractivity contribution in [3.63, 3.8) is 0 Å². The zero-order chi connectivity index (χ0) is 43.6. The van der Waals surface area contributed by atoms with Gasteiger partial charge in [-0.2, -0.15) is 0 Å². The van der Waals surface area contributed by atoms with E-state index in [1.807, 2.05) is 6.07 Å². The number of nitrogens with zero attached hydrogens (tertiary/aromatic N) is 2. The molecule has 8 N–H and O–H groups in total. The Bertz CT molecular complexity index is 2530. The number of halogens is 1. The molecule has 0 fully saturated rings. The second-order valence-corrected chi connectivity index (χ2v) is 15.4. The number of aliphatic hydroxyl groups is 1. The normalized spacial score (nSPS) is 17.6. The summed E-state index contributed by atoms with van der Waals surface area (Å²) in [7, 11) is 0. The van der Waals surface area contributed by atoms with Crippen LogP contribution in [0.25, 0.3) is 22.3 Å². The SMILES string of the molecule is CCC1(O)C(=O)OCc2c1cc1n(c2=O)Cc2c-1nc1cc(F)c(C)c3c1c2C(NC(=O)CCCNC(=O)CNC(=O)[C@H](Cc1ccccc1)NC(=O)CNC(=O)CN)CC3. The van der Waals surface area contributed by atoms with E-state index in [0.29, 0.717) is 46.3 Å². The smallest absolute Gasteiger partial charge is 0.343 e. The molecule has 2 aliphatic heterocycles. The molecule has 2 unspecified atom stereocenters. The van der Waals surface area contributed by atoms with Gasteiger partial charge in [0, 0.05) is 42.0 Å². The molecule has 2 aromatic heterocycles. The van der Waals surface area contributed by atoms with Gasteiger partial charge in [0.25, 0.3) is 5.56 Å². The lowest BCUT2D eigenvalue weighted by Crippen LogP contribution is -2.52. The number of nitrogens with two attached hydrogens (primary N) is 1. The third-order valence-electron chi connectivity index (χ3n) is 11.6. The van der Waals surface area contributed by atoms with Crippen molar-refractivity contribution in [3.05, 3.63) is 97.6 Å². The number of cyclic esters (lactones) is 1. The van der Waals surface area contributed by atoms with Crippen molar-refractivity contribution in [2.24, 2.45) is 5.73 Å². The lowest BCUT2D eigenvalue weighted by Gasteiger charge is -2.31. The molecule has 5 amide bonds. The number of carbonyl (C=O) groups is 6. The van der Waals surface area contributed by atoms with E-state index < -0.39 is 65.2 Å². The van der Waals surface area contributed by atoms with Crippen LogP contribution in [-0.2, 0) is 65.1 Å². The van der Waals surface area contributed by atoms with Gasteiger partial charge in [-0.1, -0.05) is 37.3 Å². The summed E-state index contributed by atoms with van der Waals surface area (Å²) in [5.74, 6) is -3.85. The summed E-state index contributed by atoms with van der Waals surface area (Å²) in [6.45, 7) is 2.18. The van der Waals surface area contributed by atoms with Crippen LogP contribution in [0.2, 0.25) is 0 Å². The van der Waals surface area contributed by atoms with Crippen LogP contribution in [0.5, 0.6) is 0 Å². The van der Waals surface area contributed by atoms with Crippen molar-refractivity contribution in [1.82, 2.24) is 36.1 Å². The molecular formula is C43H47FN8O9. The Balaban J connectivity index is 1.00. The Kier molecular flexibility index (Phi) is 12.3. The van der Waals surface area contributed by atoms with Crippen LogP contribution in [0.15, 0.2) is 47.3 Å². The van der Waals surface area contributed by atoms with Crippen molar-refractivity contribution in [2.45, 2.75) is 83.2 Å². The summed E-state index contributed by atoms with van der Waals surface area (Å²) in [5, 5.41) is 25.3. The van der Waals surface area contributed by atoms with Gasteiger partial charge in [0.05, 0.1) is 54.7 Å². The molecule has 18 heteroatoms. The van der Waals surface area contributed by atoms with Gasteiger partial charge < -0.3 is 46.7 Å². The van der Waals surface area contributed by atoms with Gasteiger partial charge in [-0.05, 0) is 60.9 Å². The van der Waals surface area contributed by atoms with E-state index in [2.05, 4.69) is 26.6 Å². The second kappa shape index (κ2) is 17.6. The van der Waals surface area contributed by atoms with Crippen LogP contribution in [0.3, 0.4) is 0 Å². The molecule has 61 heavy (non-hydrogen) atoms. The van der Waals surface area contributed by atoms with E-state index >= 15 is 4.39 Å². The van der Waals surface area contributed by atoms with Crippen LogP contribution < -0.4 is 37.9 Å². The highest BCUT2D eigenvalue weighted by atomic mass is 19.1. The van der Waals surface area contributed by atoms with Gasteiger partial charge in [0.1, 0.15) is 18.5 Å². The number of ether oxygens (including phenoxy) is 1. The average Bonchev–Trinajstić information content (AvgIpc) is 3.63. The van der Waals surface area contributed by atoms with Crippen molar-refractivity contribution in [2.75, 3.05) is 26.2 Å². The number of esters is 1. The number of fused-ring (bicyclic) bond motifs is 5. The third kappa shape index (κ3) is 8.45. The predicted molar refractivity (Wildman–Crippen MR) is 218 cm³/mol. The number of rotatable bonds is 15. The zero-order valence-electron chi connectivity index (χ0n) is 33.7. The topological polar surface area (TPSA) is 253 Å². The van der Waals surface area contributed by atoms with Gasteiger partial charge >= 0.3 is 5.97 Å². The van der Waals surface area contributed by atoms with Gasteiger partial charge in [-0.3, -0.25) is 28.8 Å². The quantitative estimate of drug-likeness (QED) is 0.0563. The van der Waals surface area contributed by atoms with Crippen molar-refractivity contribution in [3.8, 4) is 11.4 Å². The summed E-state index contributed by atoms with van der Waals surface area (Å²) >= 11 is 0. The molecule has 4 heterocycles. The Labute approximate surface area is 349 Å². The van der Waals surface area contributed by atoms with Crippen molar-refractivity contribution >= 4 is 46.4 Å². The van der Waals surface area contributed by atoms with Gasteiger partial charge in [0.15, 0.2) is 5.60 Å². The molecule has 0 saturated heterocycles. The van der Waals surface area contributed by atoms with Crippen LogP contribution in [0.4, 0.5) is 4.39 Å². The van der Waals surface area contributed by atoms with Crippen LogP contribution in [-0.4, -0.2) is 82.4 Å². The minimum absolute atomic E-state index is 0.0238. The first-order valence-electron chi connectivity index (χ1n) is 20.2. The Morgan fingerprint density at radius 1 is 1.00 bits per heavy atom. The summed E-state index contributed by atoms with van der Waals surface area (Å²) in [5.41, 5.74) is 7.66. The molecule has 1 aliphatic carbocycles. The molecule has 2 aromatic carbocycles. The average molecular weight is 839 g/mol. The van der Waals surface area contributed by atoms with E-state index in [-0.39, 0.29) is 75.5 Å². The minimum atomic E-state index is -2.02. The first kappa shape index (κ1) is 42.6.